The average Bonchev–Trinajstić information content (AvgIpc) is 3.39. The Morgan fingerprint density at radius 3 is 2.57 bits per heavy atom. The Kier molecular flexibility index (Phi) is 5.31. The zero-order valence-electron chi connectivity index (χ0n) is 18.0. The molecule has 0 aromatic carbocycles. The zero-order chi connectivity index (χ0) is 21.6. The van der Waals surface area contributed by atoms with Gasteiger partial charge in [0, 0.05) is 17.8 Å². The molecule has 0 spiro atoms. The Morgan fingerprint density at radius 2 is 1.93 bits per heavy atom. The molecule has 9 nitrogen and oxygen atoms in total. The van der Waals surface area contributed by atoms with E-state index in [1.54, 1.807) is 0 Å². The molecule has 0 aliphatic carbocycles. The second-order valence-corrected chi connectivity index (χ2v) is 10.4. The van der Waals surface area contributed by atoms with E-state index in [1.165, 1.54) is 0 Å². The first kappa shape index (κ1) is 20.8. The largest absolute Gasteiger partial charge is 0.466 e. The van der Waals surface area contributed by atoms with Gasteiger partial charge in [-0.2, -0.15) is 5.10 Å². The molecule has 30 heavy (non-hydrogen) atoms. The van der Waals surface area contributed by atoms with Crippen molar-refractivity contribution in [1.29, 1.82) is 0 Å². The number of furan rings is 1. The van der Waals surface area contributed by atoms with Crippen LogP contribution in [0.25, 0.3) is 11.5 Å². The molecule has 1 atom stereocenters. The average molecular weight is 434 g/mol. The predicted molar refractivity (Wildman–Crippen MR) is 111 cm³/mol. The van der Waals surface area contributed by atoms with E-state index in [0.29, 0.717) is 31.3 Å². The Bertz CT molecular complexity index is 1170. The lowest BCUT2D eigenvalue weighted by atomic mass is 10.1. The summed E-state index contributed by atoms with van der Waals surface area (Å²) in [5, 5.41) is 13.0. The van der Waals surface area contributed by atoms with Gasteiger partial charge in [-0.05, 0) is 47.2 Å². The highest BCUT2D eigenvalue weighted by Gasteiger charge is 2.31. The van der Waals surface area contributed by atoms with Crippen LogP contribution in [-0.4, -0.2) is 51.8 Å². The molecule has 162 valence electrons. The van der Waals surface area contributed by atoms with E-state index in [9.17, 15) is 8.42 Å². The maximum atomic E-state index is 11.8. The Labute approximate surface area is 176 Å². The quantitative estimate of drug-likeness (QED) is 0.584. The number of sulfone groups is 1. The van der Waals surface area contributed by atoms with Gasteiger partial charge in [-0.15, -0.1) is 10.2 Å². The lowest BCUT2D eigenvalue weighted by molar-refractivity contribution is 0.281. The number of hydrogen-bond acceptors (Lipinski definition) is 8. The molecule has 0 saturated carbocycles. The van der Waals surface area contributed by atoms with Crippen LogP contribution in [0.4, 0.5) is 0 Å². The van der Waals surface area contributed by atoms with Crippen molar-refractivity contribution in [3.63, 3.8) is 0 Å². The molecule has 3 aromatic rings. The fourth-order valence-corrected chi connectivity index (χ4v) is 5.77. The maximum absolute atomic E-state index is 11.8. The molecular weight excluding hydrogens is 406 g/mol. The van der Waals surface area contributed by atoms with Gasteiger partial charge in [-0.25, -0.2) is 8.42 Å². The van der Waals surface area contributed by atoms with Crippen LogP contribution in [0.5, 0.6) is 0 Å². The summed E-state index contributed by atoms with van der Waals surface area (Å²) in [5.74, 6) is 2.94. The normalized spacial score (nSPS) is 18.5. The van der Waals surface area contributed by atoms with Crippen molar-refractivity contribution in [1.82, 2.24) is 24.9 Å². The molecule has 1 aliphatic heterocycles. The molecule has 1 saturated heterocycles. The minimum Gasteiger partial charge on any atom is -0.466 e. The summed E-state index contributed by atoms with van der Waals surface area (Å²) < 4.78 is 36.9. The van der Waals surface area contributed by atoms with Crippen molar-refractivity contribution in [3.05, 3.63) is 40.4 Å². The highest BCUT2D eigenvalue weighted by molar-refractivity contribution is 7.91. The van der Waals surface area contributed by atoms with Crippen molar-refractivity contribution in [2.24, 2.45) is 0 Å². The smallest absolute Gasteiger partial charge is 0.251 e. The van der Waals surface area contributed by atoms with Crippen LogP contribution >= 0.6 is 0 Å². The lowest BCUT2D eigenvalue weighted by Crippen LogP contribution is -2.19. The second kappa shape index (κ2) is 7.66. The van der Waals surface area contributed by atoms with Crippen LogP contribution in [-0.2, 0) is 22.9 Å². The van der Waals surface area contributed by atoms with Gasteiger partial charge in [0.25, 0.3) is 5.89 Å². The number of aromatic nitrogens is 4. The van der Waals surface area contributed by atoms with Crippen LogP contribution in [0.2, 0.25) is 0 Å². The number of rotatable bonds is 6. The van der Waals surface area contributed by atoms with E-state index in [1.807, 2.05) is 45.5 Å². The first-order valence-corrected chi connectivity index (χ1v) is 11.8. The van der Waals surface area contributed by atoms with Gasteiger partial charge in [-0.3, -0.25) is 9.58 Å². The van der Waals surface area contributed by atoms with E-state index in [4.69, 9.17) is 8.83 Å². The summed E-state index contributed by atoms with van der Waals surface area (Å²) in [6, 6.07) is 1.81. The standard InChI is InChI=1S/C20H27N5O4S/c1-12-8-17(15(4)28-12)20-22-21-19(29-20)10-24(5)9-18-13(2)23-25(14(18)3)16-6-7-30(26,27)11-16/h8,16H,6-7,9-11H2,1-5H3/t16-/m1/s1. The van der Waals surface area contributed by atoms with E-state index < -0.39 is 9.84 Å². The minimum atomic E-state index is -2.96. The molecule has 0 radical (unpaired) electrons. The third-order valence-corrected chi connectivity index (χ3v) is 7.35. The van der Waals surface area contributed by atoms with Crippen LogP contribution < -0.4 is 0 Å². The number of hydrogen-bond donors (Lipinski definition) is 0. The van der Waals surface area contributed by atoms with Gasteiger partial charge in [-0.1, -0.05) is 0 Å². The molecule has 3 aromatic heterocycles. The first-order valence-electron chi connectivity index (χ1n) is 9.96. The first-order chi connectivity index (χ1) is 14.1. The summed E-state index contributed by atoms with van der Waals surface area (Å²) in [4.78, 5) is 2.08. The van der Waals surface area contributed by atoms with Gasteiger partial charge in [0.2, 0.25) is 5.89 Å². The molecule has 4 rings (SSSR count). The SMILES string of the molecule is Cc1cc(-c2nnc(CN(C)Cc3c(C)nn([C@@H]4CCS(=O)(=O)C4)c3C)o2)c(C)o1. The van der Waals surface area contributed by atoms with Crippen molar-refractivity contribution >= 4 is 9.84 Å². The maximum Gasteiger partial charge on any atom is 0.251 e. The number of nitrogens with zero attached hydrogens (tertiary/aromatic N) is 5. The minimum absolute atomic E-state index is 0.0760. The number of aryl methyl sites for hydroxylation is 3. The molecular formula is C20H27N5O4S. The van der Waals surface area contributed by atoms with Gasteiger partial charge in [0.1, 0.15) is 11.5 Å². The van der Waals surface area contributed by atoms with E-state index in [2.05, 4.69) is 20.2 Å². The molecule has 0 amide bonds. The lowest BCUT2D eigenvalue weighted by Gasteiger charge is -2.15. The van der Waals surface area contributed by atoms with Gasteiger partial charge < -0.3 is 8.83 Å². The van der Waals surface area contributed by atoms with E-state index >= 15 is 0 Å². The summed E-state index contributed by atoms with van der Waals surface area (Å²) in [6.45, 7) is 8.86. The molecule has 0 unspecified atom stereocenters. The third kappa shape index (κ3) is 4.06. The monoisotopic (exact) mass is 433 g/mol. The molecule has 0 N–H and O–H groups in total. The fraction of sp³-hybridized carbons (Fsp3) is 0.550. The molecule has 1 aliphatic rings. The zero-order valence-corrected chi connectivity index (χ0v) is 18.8. The molecule has 1 fully saturated rings. The van der Waals surface area contributed by atoms with Crippen LogP contribution in [0.1, 0.15) is 46.8 Å². The fourth-order valence-electron chi connectivity index (χ4n) is 4.08. The molecule has 0 bridgehead atoms. The van der Waals surface area contributed by atoms with Crippen molar-refractivity contribution in [2.75, 3.05) is 18.6 Å². The Morgan fingerprint density at radius 1 is 1.17 bits per heavy atom. The van der Waals surface area contributed by atoms with Crippen molar-refractivity contribution in [3.8, 4) is 11.5 Å². The Hall–Kier alpha value is -2.46. The van der Waals surface area contributed by atoms with Gasteiger partial charge >= 0.3 is 0 Å². The predicted octanol–water partition coefficient (Wildman–Crippen LogP) is 2.75. The molecule has 10 heteroatoms. The van der Waals surface area contributed by atoms with Crippen molar-refractivity contribution < 1.29 is 17.3 Å². The Balaban J connectivity index is 1.46. The van der Waals surface area contributed by atoms with Crippen LogP contribution in [0.15, 0.2) is 14.9 Å². The van der Waals surface area contributed by atoms with E-state index in [-0.39, 0.29) is 17.5 Å². The topological polar surface area (TPSA) is 107 Å². The molecule has 4 heterocycles. The second-order valence-electron chi connectivity index (χ2n) is 8.15. The highest BCUT2D eigenvalue weighted by Crippen LogP contribution is 2.28. The summed E-state index contributed by atoms with van der Waals surface area (Å²) in [7, 11) is -0.976. The summed E-state index contributed by atoms with van der Waals surface area (Å²) in [6.07, 6.45) is 0.622. The highest BCUT2D eigenvalue weighted by atomic mass is 32.2. The summed E-state index contributed by atoms with van der Waals surface area (Å²) >= 11 is 0. The van der Waals surface area contributed by atoms with Crippen LogP contribution in [0.3, 0.4) is 0 Å². The van der Waals surface area contributed by atoms with Gasteiger partial charge in [0.15, 0.2) is 9.84 Å². The van der Waals surface area contributed by atoms with Gasteiger partial charge in [0.05, 0.1) is 35.3 Å². The van der Waals surface area contributed by atoms with Crippen molar-refractivity contribution in [2.45, 2.75) is 53.2 Å². The van der Waals surface area contributed by atoms with E-state index in [0.717, 1.165) is 34.0 Å². The summed E-state index contributed by atoms with van der Waals surface area (Å²) in [5.41, 5.74) is 3.84. The van der Waals surface area contributed by atoms with Crippen LogP contribution in [0, 0.1) is 27.7 Å². The third-order valence-electron chi connectivity index (χ3n) is 5.60.